The zero-order valence-electron chi connectivity index (χ0n) is 8.60. The maximum absolute atomic E-state index is 10.4. The summed E-state index contributed by atoms with van der Waals surface area (Å²) in [7, 11) is 0. The summed E-state index contributed by atoms with van der Waals surface area (Å²) >= 11 is 0. The van der Waals surface area contributed by atoms with Crippen LogP contribution in [0.3, 0.4) is 0 Å². The normalized spacial score (nSPS) is 48.4. The van der Waals surface area contributed by atoms with Crippen LogP contribution in [0.1, 0.15) is 25.7 Å². The number of aliphatic hydroxyl groups excluding tert-OH is 1. The van der Waals surface area contributed by atoms with Crippen LogP contribution in [0, 0.1) is 5.92 Å². The Balaban J connectivity index is 1.97. The molecule has 3 heteroatoms. The van der Waals surface area contributed by atoms with E-state index in [2.05, 4.69) is 0 Å². The molecule has 0 aromatic rings. The third-order valence-corrected chi connectivity index (χ3v) is 3.79. The van der Waals surface area contributed by atoms with E-state index in [1.165, 1.54) is 0 Å². The molecule has 0 aromatic carbocycles. The van der Waals surface area contributed by atoms with Gasteiger partial charge in [0.2, 0.25) is 0 Å². The van der Waals surface area contributed by atoms with Gasteiger partial charge in [0, 0.05) is 12.3 Å². The van der Waals surface area contributed by atoms with Crippen molar-refractivity contribution < 1.29 is 14.9 Å². The summed E-state index contributed by atoms with van der Waals surface area (Å²) in [5.41, 5.74) is 1.08. The predicted octanol–water partition coefficient (Wildman–Crippen LogP) is 1.12. The second-order valence-corrected chi connectivity index (χ2v) is 4.72. The largest absolute Gasteiger partial charge is 0.386 e. The molecule has 2 fully saturated rings. The van der Waals surface area contributed by atoms with Crippen LogP contribution >= 0.6 is 0 Å². The van der Waals surface area contributed by atoms with Gasteiger partial charge in [0.15, 0.2) is 5.79 Å². The Morgan fingerprint density at radius 1 is 1.40 bits per heavy atom. The fourth-order valence-electron chi connectivity index (χ4n) is 3.04. The van der Waals surface area contributed by atoms with Crippen LogP contribution in [-0.2, 0) is 4.74 Å². The molecule has 15 heavy (non-hydrogen) atoms. The van der Waals surface area contributed by atoms with E-state index in [0.29, 0.717) is 6.42 Å². The summed E-state index contributed by atoms with van der Waals surface area (Å²) in [4.78, 5) is 0. The van der Waals surface area contributed by atoms with Crippen molar-refractivity contribution in [3.8, 4) is 0 Å². The van der Waals surface area contributed by atoms with Crippen molar-refractivity contribution in [2.75, 3.05) is 0 Å². The van der Waals surface area contributed by atoms with Crippen LogP contribution in [0.4, 0.5) is 0 Å². The molecule has 0 spiro atoms. The van der Waals surface area contributed by atoms with Crippen molar-refractivity contribution in [1.82, 2.24) is 0 Å². The third kappa shape index (κ3) is 1.30. The zero-order valence-corrected chi connectivity index (χ0v) is 8.60. The van der Waals surface area contributed by atoms with Crippen LogP contribution in [-0.4, -0.2) is 28.2 Å². The first kappa shape index (κ1) is 9.58. The molecule has 3 rings (SSSR count). The van der Waals surface area contributed by atoms with Crippen LogP contribution in [0.15, 0.2) is 23.8 Å². The Labute approximate surface area is 89.1 Å². The predicted molar refractivity (Wildman–Crippen MR) is 55.0 cm³/mol. The lowest BCUT2D eigenvalue weighted by atomic mass is 9.78. The fourth-order valence-corrected chi connectivity index (χ4v) is 3.04. The highest BCUT2D eigenvalue weighted by molar-refractivity contribution is 5.32. The van der Waals surface area contributed by atoms with Crippen LogP contribution in [0.25, 0.3) is 0 Å². The maximum atomic E-state index is 10.4. The van der Waals surface area contributed by atoms with Crippen molar-refractivity contribution in [2.45, 2.75) is 43.7 Å². The Hall–Kier alpha value is -0.640. The number of hydrogen-bond donors (Lipinski definition) is 2. The molecule has 0 radical (unpaired) electrons. The first-order chi connectivity index (χ1) is 7.21. The second-order valence-electron chi connectivity index (χ2n) is 4.72. The topological polar surface area (TPSA) is 49.7 Å². The zero-order chi connectivity index (χ0) is 10.5. The maximum Gasteiger partial charge on any atom is 0.173 e. The molecular weight excluding hydrogens is 192 g/mol. The van der Waals surface area contributed by atoms with Crippen molar-refractivity contribution >= 4 is 0 Å². The molecule has 1 saturated carbocycles. The molecule has 1 saturated heterocycles. The number of allylic oxidation sites excluding steroid dienone is 2. The standard InChI is InChI=1S/C12H16O3/c13-10-6-3-4-8-9-5-1-2-7-12(9,14)15-11(8)10/h3-4,6,9-11,13-14H,1-2,5,7H2/t9-,10+,11-,12?/m1/s1. The van der Waals surface area contributed by atoms with E-state index < -0.39 is 11.9 Å². The smallest absolute Gasteiger partial charge is 0.173 e. The average Bonchev–Trinajstić information content (AvgIpc) is 2.52. The van der Waals surface area contributed by atoms with Crippen molar-refractivity contribution in [3.63, 3.8) is 0 Å². The molecule has 3 nitrogen and oxygen atoms in total. The molecule has 0 bridgehead atoms. The Bertz CT molecular complexity index is 334. The molecule has 1 aliphatic heterocycles. The van der Waals surface area contributed by atoms with Gasteiger partial charge in [0.05, 0.1) is 0 Å². The molecule has 3 aliphatic rings. The average molecular weight is 208 g/mol. The summed E-state index contributed by atoms with van der Waals surface area (Å²) in [6.07, 6.45) is 8.47. The molecular formula is C12H16O3. The summed E-state index contributed by atoms with van der Waals surface area (Å²) in [6, 6.07) is 0. The van der Waals surface area contributed by atoms with E-state index in [0.717, 1.165) is 24.8 Å². The van der Waals surface area contributed by atoms with E-state index >= 15 is 0 Å². The van der Waals surface area contributed by atoms with Gasteiger partial charge in [0.1, 0.15) is 12.2 Å². The third-order valence-electron chi connectivity index (χ3n) is 3.79. The molecule has 2 N–H and O–H groups in total. The monoisotopic (exact) mass is 208 g/mol. The minimum atomic E-state index is -1.01. The van der Waals surface area contributed by atoms with E-state index in [4.69, 9.17) is 4.74 Å². The molecule has 1 unspecified atom stereocenters. The highest BCUT2D eigenvalue weighted by Crippen LogP contribution is 2.49. The summed E-state index contributed by atoms with van der Waals surface area (Å²) < 4.78 is 5.66. The molecule has 4 atom stereocenters. The lowest BCUT2D eigenvalue weighted by molar-refractivity contribution is -0.232. The minimum absolute atomic E-state index is 0.0934. The van der Waals surface area contributed by atoms with E-state index in [1.807, 2.05) is 12.2 Å². The minimum Gasteiger partial charge on any atom is -0.386 e. The highest BCUT2D eigenvalue weighted by atomic mass is 16.6. The quantitative estimate of drug-likeness (QED) is 0.627. The van der Waals surface area contributed by atoms with Crippen LogP contribution in [0.5, 0.6) is 0 Å². The van der Waals surface area contributed by atoms with Gasteiger partial charge in [-0.05, 0) is 18.4 Å². The van der Waals surface area contributed by atoms with E-state index in [9.17, 15) is 10.2 Å². The second kappa shape index (κ2) is 3.17. The molecule has 82 valence electrons. The SMILES string of the molecule is O[C@H]1C=CC=C2[C@H]1OC1(O)CCCC[C@H]21. The number of hydrogen-bond acceptors (Lipinski definition) is 3. The number of rotatable bonds is 0. The van der Waals surface area contributed by atoms with Gasteiger partial charge in [-0.25, -0.2) is 0 Å². The van der Waals surface area contributed by atoms with E-state index in [-0.39, 0.29) is 12.0 Å². The van der Waals surface area contributed by atoms with Gasteiger partial charge >= 0.3 is 0 Å². The number of fused-ring (bicyclic) bond motifs is 3. The lowest BCUT2D eigenvalue weighted by Gasteiger charge is -2.33. The van der Waals surface area contributed by atoms with Gasteiger partial charge < -0.3 is 14.9 Å². The van der Waals surface area contributed by atoms with Gasteiger partial charge in [-0.2, -0.15) is 0 Å². The fraction of sp³-hybridized carbons (Fsp3) is 0.667. The van der Waals surface area contributed by atoms with E-state index in [1.54, 1.807) is 6.08 Å². The summed E-state index contributed by atoms with van der Waals surface area (Å²) in [6.45, 7) is 0. The Kier molecular flexibility index (Phi) is 2.03. The van der Waals surface area contributed by atoms with Gasteiger partial charge in [0.25, 0.3) is 0 Å². The Morgan fingerprint density at radius 2 is 2.27 bits per heavy atom. The molecule has 2 aliphatic carbocycles. The lowest BCUT2D eigenvalue weighted by Crippen LogP contribution is -2.38. The summed E-state index contributed by atoms with van der Waals surface area (Å²) in [5, 5.41) is 20.1. The van der Waals surface area contributed by atoms with Gasteiger partial charge in [-0.1, -0.05) is 24.6 Å². The van der Waals surface area contributed by atoms with Crippen molar-refractivity contribution in [1.29, 1.82) is 0 Å². The van der Waals surface area contributed by atoms with Crippen LogP contribution < -0.4 is 0 Å². The number of aliphatic hydroxyl groups is 2. The Morgan fingerprint density at radius 3 is 3.13 bits per heavy atom. The number of ether oxygens (including phenoxy) is 1. The van der Waals surface area contributed by atoms with Crippen molar-refractivity contribution in [2.24, 2.45) is 5.92 Å². The molecule has 0 amide bonds. The van der Waals surface area contributed by atoms with Gasteiger partial charge in [-0.3, -0.25) is 0 Å². The first-order valence-corrected chi connectivity index (χ1v) is 5.67. The van der Waals surface area contributed by atoms with Crippen LogP contribution in [0.2, 0.25) is 0 Å². The highest BCUT2D eigenvalue weighted by Gasteiger charge is 2.53. The van der Waals surface area contributed by atoms with Gasteiger partial charge in [-0.15, -0.1) is 0 Å². The first-order valence-electron chi connectivity index (χ1n) is 5.67. The molecule has 0 aromatic heterocycles. The summed E-state index contributed by atoms with van der Waals surface area (Å²) in [5.74, 6) is -0.919. The van der Waals surface area contributed by atoms with Crippen molar-refractivity contribution in [3.05, 3.63) is 23.8 Å². The molecule has 1 heterocycles.